The van der Waals surface area contributed by atoms with Gasteiger partial charge in [0.25, 0.3) is 5.91 Å². The van der Waals surface area contributed by atoms with Gasteiger partial charge in [-0.25, -0.2) is 0 Å². The van der Waals surface area contributed by atoms with E-state index >= 15 is 0 Å². The van der Waals surface area contributed by atoms with Gasteiger partial charge in [0.1, 0.15) is 18.1 Å². The molecule has 1 heterocycles. The van der Waals surface area contributed by atoms with E-state index in [1.54, 1.807) is 37.3 Å². The molecule has 1 aromatic heterocycles. The number of carbonyl (C=O) groups is 2. The Kier molecular flexibility index (Phi) is 5.23. The van der Waals surface area contributed by atoms with Gasteiger partial charge in [0.15, 0.2) is 12.4 Å². The second-order valence-electron chi connectivity index (χ2n) is 5.87. The topological polar surface area (TPSA) is 84.7 Å². The molecule has 0 spiro atoms. The first kappa shape index (κ1) is 17.3. The first-order valence-corrected chi connectivity index (χ1v) is 8.30. The van der Waals surface area contributed by atoms with Crippen LogP contribution in [0.1, 0.15) is 18.6 Å². The highest BCUT2D eigenvalue weighted by Gasteiger charge is 2.34. The van der Waals surface area contributed by atoms with Crippen molar-refractivity contribution >= 4 is 29.2 Å². The molecule has 1 saturated carbocycles. The number of aromatic nitrogens is 1. The van der Waals surface area contributed by atoms with E-state index in [1.165, 1.54) is 4.90 Å². The third-order valence-electron chi connectivity index (χ3n) is 3.69. The third-order valence-corrected chi connectivity index (χ3v) is 3.95. The van der Waals surface area contributed by atoms with Crippen LogP contribution in [0.4, 0.5) is 5.82 Å². The quantitative estimate of drug-likeness (QED) is 0.817. The van der Waals surface area contributed by atoms with Crippen LogP contribution in [0.25, 0.3) is 0 Å². The number of hydrogen-bond donors (Lipinski definition) is 1. The summed E-state index contributed by atoms with van der Waals surface area (Å²) in [5.74, 6) is 0.935. The van der Waals surface area contributed by atoms with Crippen molar-refractivity contribution in [3.05, 3.63) is 41.1 Å². The van der Waals surface area contributed by atoms with E-state index in [0.717, 1.165) is 12.8 Å². The van der Waals surface area contributed by atoms with Gasteiger partial charge in [0, 0.05) is 17.1 Å². The fraction of sp³-hybridized carbons (Fsp3) is 0.353. The van der Waals surface area contributed by atoms with Crippen LogP contribution in [0.3, 0.4) is 0 Å². The summed E-state index contributed by atoms with van der Waals surface area (Å²) in [4.78, 5) is 26.1. The van der Waals surface area contributed by atoms with Gasteiger partial charge in [0.05, 0.1) is 0 Å². The zero-order valence-electron chi connectivity index (χ0n) is 13.7. The van der Waals surface area contributed by atoms with Gasteiger partial charge < -0.3 is 19.5 Å². The van der Waals surface area contributed by atoms with Crippen LogP contribution in [0.5, 0.6) is 5.75 Å². The molecule has 0 saturated heterocycles. The highest BCUT2D eigenvalue weighted by Crippen LogP contribution is 2.27. The van der Waals surface area contributed by atoms with Crippen molar-refractivity contribution in [1.29, 1.82) is 0 Å². The average Bonchev–Trinajstić information content (AvgIpc) is 3.34. The fourth-order valence-corrected chi connectivity index (χ4v) is 2.45. The van der Waals surface area contributed by atoms with Crippen LogP contribution < -0.4 is 10.1 Å². The zero-order valence-corrected chi connectivity index (χ0v) is 14.5. The minimum absolute atomic E-state index is 0.0423. The number of nitrogens with zero attached hydrogens (tertiary/aromatic N) is 2. The number of hydrogen-bond acceptors (Lipinski definition) is 5. The molecule has 1 N–H and O–H groups in total. The Labute approximate surface area is 149 Å². The highest BCUT2D eigenvalue weighted by atomic mass is 35.5. The van der Waals surface area contributed by atoms with Crippen LogP contribution >= 0.6 is 11.6 Å². The lowest BCUT2D eigenvalue weighted by molar-refractivity contribution is -0.137. The number of amides is 2. The maximum Gasteiger partial charge on any atom is 0.261 e. The molecule has 132 valence electrons. The largest absolute Gasteiger partial charge is 0.484 e. The molecule has 8 heteroatoms. The maximum absolute atomic E-state index is 12.4. The summed E-state index contributed by atoms with van der Waals surface area (Å²) < 4.78 is 10.4. The molecule has 1 fully saturated rings. The van der Waals surface area contributed by atoms with Crippen molar-refractivity contribution in [1.82, 2.24) is 10.1 Å². The molecule has 1 aliphatic carbocycles. The molecule has 2 aromatic rings. The van der Waals surface area contributed by atoms with Crippen molar-refractivity contribution in [3.63, 3.8) is 0 Å². The smallest absolute Gasteiger partial charge is 0.261 e. The van der Waals surface area contributed by atoms with Crippen LogP contribution in [0, 0.1) is 6.92 Å². The predicted molar refractivity (Wildman–Crippen MR) is 91.6 cm³/mol. The van der Waals surface area contributed by atoms with Gasteiger partial charge >= 0.3 is 0 Å². The zero-order chi connectivity index (χ0) is 17.8. The standard InChI is InChI=1S/C17H18ClN3O4/c1-11-8-15(20-25-11)19-16(22)9-21(13-4-5-13)17(23)10-24-14-6-2-12(18)3-7-14/h2-3,6-8,13H,4-5,9-10H2,1H3,(H,19,20,22). The normalized spacial score (nSPS) is 13.4. The van der Waals surface area contributed by atoms with E-state index in [9.17, 15) is 9.59 Å². The lowest BCUT2D eigenvalue weighted by Crippen LogP contribution is -2.42. The molecule has 1 aliphatic rings. The number of anilines is 1. The second-order valence-corrected chi connectivity index (χ2v) is 6.30. The van der Waals surface area contributed by atoms with Crippen molar-refractivity contribution in [2.75, 3.05) is 18.5 Å². The van der Waals surface area contributed by atoms with E-state index in [1.807, 2.05) is 0 Å². The fourth-order valence-electron chi connectivity index (χ4n) is 2.33. The number of nitrogens with one attached hydrogen (secondary N) is 1. The van der Waals surface area contributed by atoms with Gasteiger partial charge in [-0.2, -0.15) is 0 Å². The Bertz CT molecular complexity index is 756. The Morgan fingerprint density at radius 3 is 2.68 bits per heavy atom. The molecule has 3 rings (SSSR count). The van der Waals surface area contributed by atoms with E-state index in [2.05, 4.69) is 10.5 Å². The van der Waals surface area contributed by atoms with Gasteiger partial charge in [-0.3, -0.25) is 9.59 Å². The average molecular weight is 364 g/mol. The van der Waals surface area contributed by atoms with Gasteiger partial charge in [-0.15, -0.1) is 0 Å². The first-order valence-electron chi connectivity index (χ1n) is 7.92. The van der Waals surface area contributed by atoms with Gasteiger partial charge in [-0.05, 0) is 44.0 Å². The lowest BCUT2D eigenvalue weighted by atomic mass is 10.3. The summed E-state index contributed by atoms with van der Waals surface area (Å²) in [6.45, 7) is 1.56. The number of ether oxygens (including phenoxy) is 1. The summed E-state index contributed by atoms with van der Waals surface area (Å²) >= 11 is 5.81. The highest BCUT2D eigenvalue weighted by molar-refractivity contribution is 6.30. The SMILES string of the molecule is Cc1cc(NC(=O)CN(C(=O)COc2ccc(Cl)cc2)C2CC2)no1. The van der Waals surface area contributed by atoms with Crippen LogP contribution in [0.15, 0.2) is 34.9 Å². The predicted octanol–water partition coefficient (Wildman–Crippen LogP) is 2.64. The number of halogens is 1. The monoisotopic (exact) mass is 363 g/mol. The summed E-state index contributed by atoms with van der Waals surface area (Å²) in [5, 5.41) is 6.92. The van der Waals surface area contributed by atoms with Crippen LogP contribution in [-0.2, 0) is 9.59 Å². The van der Waals surface area contributed by atoms with E-state index < -0.39 is 0 Å². The number of carbonyl (C=O) groups excluding carboxylic acids is 2. The molecule has 2 amide bonds. The second kappa shape index (κ2) is 7.57. The summed E-state index contributed by atoms with van der Waals surface area (Å²) in [5.41, 5.74) is 0. The molecule has 0 aliphatic heterocycles. The van der Waals surface area contributed by atoms with Crippen molar-refractivity contribution < 1.29 is 18.8 Å². The summed E-state index contributed by atoms with van der Waals surface area (Å²) in [7, 11) is 0. The minimum atomic E-state index is -0.319. The van der Waals surface area contributed by atoms with Crippen molar-refractivity contribution in [2.45, 2.75) is 25.8 Å². The van der Waals surface area contributed by atoms with Crippen LogP contribution in [0.2, 0.25) is 5.02 Å². The minimum Gasteiger partial charge on any atom is -0.484 e. The third kappa shape index (κ3) is 4.96. The molecule has 0 unspecified atom stereocenters. The van der Waals surface area contributed by atoms with E-state index in [4.69, 9.17) is 20.9 Å². The number of aryl methyl sites for hydroxylation is 1. The van der Waals surface area contributed by atoms with Gasteiger partial charge in [0.2, 0.25) is 5.91 Å². The Morgan fingerprint density at radius 2 is 2.08 bits per heavy atom. The summed E-state index contributed by atoms with van der Waals surface area (Å²) in [6, 6.07) is 8.46. The molecule has 0 bridgehead atoms. The molecule has 7 nitrogen and oxygen atoms in total. The van der Waals surface area contributed by atoms with Crippen molar-refractivity contribution in [2.24, 2.45) is 0 Å². The molecule has 1 aromatic carbocycles. The van der Waals surface area contributed by atoms with E-state index in [0.29, 0.717) is 22.4 Å². The maximum atomic E-state index is 12.4. The Morgan fingerprint density at radius 1 is 1.36 bits per heavy atom. The molecular formula is C17H18ClN3O4. The summed E-state index contributed by atoms with van der Waals surface area (Å²) in [6.07, 6.45) is 1.78. The molecule has 25 heavy (non-hydrogen) atoms. The molecular weight excluding hydrogens is 346 g/mol. The number of benzene rings is 1. The first-order chi connectivity index (χ1) is 12.0. The molecule has 0 radical (unpaired) electrons. The van der Waals surface area contributed by atoms with Gasteiger partial charge in [-0.1, -0.05) is 16.8 Å². The van der Waals surface area contributed by atoms with Crippen molar-refractivity contribution in [3.8, 4) is 5.75 Å². The number of rotatable bonds is 7. The van der Waals surface area contributed by atoms with Crippen LogP contribution in [-0.4, -0.2) is 41.1 Å². The Hall–Kier alpha value is -2.54. The lowest BCUT2D eigenvalue weighted by Gasteiger charge is -2.21. The Balaban J connectivity index is 1.54. The molecule has 0 atom stereocenters. The van der Waals surface area contributed by atoms with E-state index in [-0.39, 0.29) is 31.0 Å².